The smallest absolute Gasteiger partial charge is 0.276 e. The van der Waals surface area contributed by atoms with E-state index < -0.39 is 10.0 Å². The average Bonchev–Trinajstić information content (AvgIpc) is 3.39. The SMILES string of the molecule is Cc1cc(NC(=O)c2csc(C3CCN(S(=O)(=O)c4ccc(C)c(Cl)c4)CC3)n2)no1. The molecule has 3 aromatic rings. The number of aromatic nitrogens is 2. The molecule has 0 radical (unpaired) electrons. The van der Waals surface area contributed by atoms with Gasteiger partial charge in [0.2, 0.25) is 10.0 Å². The number of rotatable bonds is 5. The summed E-state index contributed by atoms with van der Waals surface area (Å²) in [5.74, 6) is 0.691. The molecule has 0 spiro atoms. The summed E-state index contributed by atoms with van der Waals surface area (Å²) in [6, 6.07) is 6.43. The topological polar surface area (TPSA) is 105 Å². The van der Waals surface area contributed by atoms with Crippen molar-refractivity contribution < 1.29 is 17.7 Å². The number of anilines is 1. The number of sulfonamides is 1. The van der Waals surface area contributed by atoms with Gasteiger partial charge in [-0.15, -0.1) is 11.3 Å². The van der Waals surface area contributed by atoms with Crippen molar-refractivity contribution in [2.24, 2.45) is 0 Å². The maximum Gasteiger partial charge on any atom is 0.276 e. The highest BCUT2D eigenvalue weighted by Gasteiger charge is 2.31. The van der Waals surface area contributed by atoms with E-state index in [4.69, 9.17) is 16.1 Å². The fourth-order valence-electron chi connectivity index (χ4n) is 3.41. The minimum Gasteiger partial charge on any atom is -0.360 e. The van der Waals surface area contributed by atoms with Crippen LogP contribution in [0.4, 0.5) is 5.82 Å². The van der Waals surface area contributed by atoms with E-state index in [-0.39, 0.29) is 16.7 Å². The fourth-order valence-corrected chi connectivity index (χ4v) is 6.12. The number of nitrogens with one attached hydrogen (secondary N) is 1. The van der Waals surface area contributed by atoms with Gasteiger partial charge in [-0.2, -0.15) is 4.31 Å². The van der Waals surface area contributed by atoms with E-state index in [0.29, 0.717) is 48.2 Å². The van der Waals surface area contributed by atoms with E-state index in [0.717, 1.165) is 10.6 Å². The molecule has 1 N–H and O–H groups in total. The Labute approximate surface area is 189 Å². The first-order valence-corrected chi connectivity index (χ1v) is 12.4. The van der Waals surface area contributed by atoms with Crippen LogP contribution in [0.5, 0.6) is 0 Å². The lowest BCUT2D eigenvalue weighted by Crippen LogP contribution is -2.37. The second kappa shape index (κ2) is 8.70. The Morgan fingerprint density at radius 3 is 2.65 bits per heavy atom. The maximum atomic E-state index is 13.0. The summed E-state index contributed by atoms with van der Waals surface area (Å²) in [5, 5.41) is 9.36. The van der Waals surface area contributed by atoms with Crippen molar-refractivity contribution >= 4 is 44.7 Å². The fraction of sp³-hybridized carbons (Fsp3) is 0.350. The van der Waals surface area contributed by atoms with E-state index in [1.165, 1.54) is 21.7 Å². The lowest BCUT2D eigenvalue weighted by molar-refractivity contribution is 0.102. The number of piperidine rings is 1. The van der Waals surface area contributed by atoms with Gasteiger partial charge >= 0.3 is 0 Å². The van der Waals surface area contributed by atoms with Gasteiger partial charge in [0, 0.05) is 35.5 Å². The van der Waals surface area contributed by atoms with Gasteiger partial charge in [0.1, 0.15) is 11.5 Å². The first-order valence-electron chi connectivity index (χ1n) is 9.70. The van der Waals surface area contributed by atoms with Crippen molar-refractivity contribution in [2.75, 3.05) is 18.4 Å². The quantitative estimate of drug-likeness (QED) is 0.586. The van der Waals surface area contributed by atoms with Crippen LogP contribution in [0.25, 0.3) is 0 Å². The molecular weight excluding hydrogens is 460 g/mol. The Kier molecular flexibility index (Phi) is 6.16. The maximum absolute atomic E-state index is 13.0. The summed E-state index contributed by atoms with van der Waals surface area (Å²) in [6.07, 6.45) is 1.27. The highest BCUT2D eigenvalue weighted by molar-refractivity contribution is 7.89. The number of thiazole rings is 1. The number of aryl methyl sites for hydroxylation is 2. The zero-order valence-electron chi connectivity index (χ0n) is 17.0. The second-order valence-corrected chi connectivity index (χ2v) is 10.7. The first-order chi connectivity index (χ1) is 14.7. The highest BCUT2D eigenvalue weighted by Crippen LogP contribution is 2.33. The van der Waals surface area contributed by atoms with Crippen molar-refractivity contribution in [3.8, 4) is 0 Å². The number of amides is 1. The zero-order valence-corrected chi connectivity index (χ0v) is 19.4. The lowest BCUT2D eigenvalue weighted by Gasteiger charge is -2.30. The molecule has 0 aliphatic carbocycles. The molecule has 1 saturated heterocycles. The number of hydrogen-bond acceptors (Lipinski definition) is 7. The van der Waals surface area contributed by atoms with Crippen LogP contribution in [0.15, 0.2) is 39.1 Å². The Morgan fingerprint density at radius 2 is 2.00 bits per heavy atom. The number of hydrogen-bond donors (Lipinski definition) is 1. The Morgan fingerprint density at radius 1 is 1.26 bits per heavy atom. The lowest BCUT2D eigenvalue weighted by atomic mass is 9.99. The average molecular weight is 481 g/mol. The van der Waals surface area contributed by atoms with Crippen LogP contribution in [-0.2, 0) is 10.0 Å². The van der Waals surface area contributed by atoms with E-state index in [1.54, 1.807) is 30.5 Å². The van der Waals surface area contributed by atoms with Crippen LogP contribution in [-0.4, -0.2) is 41.9 Å². The van der Waals surface area contributed by atoms with Gasteiger partial charge in [-0.3, -0.25) is 4.79 Å². The normalized spacial score (nSPS) is 15.8. The summed E-state index contributed by atoms with van der Waals surface area (Å²) in [7, 11) is -3.60. The molecule has 4 rings (SSSR count). The van der Waals surface area contributed by atoms with E-state index >= 15 is 0 Å². The molecule has 2 aromatic heterocycles. The second-order valence-electron chi connectivity index (χ2n) is 7.44. The van der Waals surface area contributed by atoms with Gasteiger partial charge in [-0.05, 0) is 44.4 Å². The molecule has 1 aliphatic heterocycles. The molecule has 0 bridgehead atoms. The minimum absolute atomic E-state index is 0.105. The van der Waals surface area contributed by atoms with Crippen LogP contribution in [0.1, 0.15) is 45.6 Å². The van der Waals surface area contributed by atoms with Gasteiger partial charge in [-0.25, -0.2) is 13.4 Å². The van der Waals surface area contributed by atoms with Gasteiger partial charge in [0.15, 0.2) is 5.82 Å². The van der Waals surface area contributed by atoms with Gasteiger partial charge in [-0.1, -0.05) is 22.8 Å². The van der Waals surface area contributed by atoms with Gasteiger partial charge in [0.25, 0.3) is 5.91 Å². The molecule has 31 heavy (non-hydrogen) atoms. The third-order valence-corrected chi connectivity index (χ3v) is 8.52. The molecule has 1 fully saturated rings. The van der Waals surface area contributed by atoms with Crippen molar-refractivity contribution in [2.45, 2.75) is 37.5 Å². The minimum atomic E-state index is -3.60. The Balaban J connectivity index is 1.40. The first kappa shape index (κ1) is 21.9. The highest BCUT2D eigenvalue weighted by atomic mass is 35.5. The third-order valence-electron chi connectivity index (χ3n) is 5.21. The van der Waals surface area contributed by atoms with Gasteiger partial charge < -0.3 is 9.84 Å². The molecule has 3 heterocycles. The standard InChI is InChI=1S/C20H21ClN4O4S2/c1-12-3-4-15(10-16(12)21)31(27,28)25-7-5-14(6-8-25)20-22-17(11-30-20)19(26)23-18-9-13(2)29-24-18/h3-4,9-11,14H,5-8H2,1-2H3,(H,23,24,26). The van der Waals surface area contributed by atoms with Crippen molar-refractivity contribution in [3.05, 3.63) is 56.7 Å². The molecule has 1 aliphatic rings. The number of benzene rings is 1. The molecule has 164 valence electrons. The van der Waals surface area contributed by atoms with Crippen LogP contribution in [0.3, 0.4) is 0 Å². The molecule has 8 nitrogen and oxygen atoms in total. The van der Waals surface area contributed by atoms with Gasteiger partial charge in [0.05, 0.1) is 9.90 Å². The van der Waals surface area contributed by atoms with Crippen molar-refractivity contribution in [1.82, 2.24) is 14.4 Å². The predicted octanol–water partition coefficient (Wildman–Crippen LogP) is 4.22. The number of nitrogens with zero attached hydrogens (tertiary/aromatic N) is 3. The Bertz CT molecular complexity index is 1210. The summed E-state index contributed by atoms with van der Waals surface area (Å²) in [5.41, 5.74) is 1.15. The number of halogens is 1. The van der Waals surface area contributed by atoms with E-state index in [1.807, 2.05) is 6.92 Å². The molecule has 1 aromatic carbocycles. The summed E-state index contributed by atoms with van der Waals surface area (Å²) in [4.78, 5) is 17.0. The molecule has 0 saturated carbocycles. The predicted molar refractivity (Wildman–Crippen MR) is 118 cm³/mol. The van der Waals surface area contributed by atoms with Crippen LogP contribution in [0, 0.1) is 13.8 Å². The summed E-state index contributed by atoms with van der Waals surface area (Å²) >= 11 is 7.52. The monoisotopic (exact) mass is 480 g/mol. The van der Waals surface area contributed by atoms with Crippen LogP contribution >= 0.6 is 22.9 Å². The van der Waals surface area contributed by atoms with Crippen molar-refractivity contribution in [1.29, 1.82) is 0 Å². The molecule has 0 unspecified atom stereocenters. The van der Waals surface area contributed by atoms with Crippen LogP contribution in [0.2, 0.25) is 5.02 Å². The number of carbonyl (C=O) groups is 1. The number of carbonyl (C=O) groups excluding carboxylic acids is 1. The largest absolute Gasteiger partial charge is 0.360 e. The summed E-state index contributed by atoms with van der Waals surface area (Å²) in [6.45, 7) is 4.35. The third kappa shape index (κ3) is 4.67. The zero-order chi connectivity index (χ0) is 22.2. The van der Waals surface area contributed by atoms with E-state index in [9.17, 15) is 13.2 Å². The summed E-state index contributed by atoms with van der Waals surface area (Å²) < 4.78 is 32.3. The Hall–Kier alpha value is -2.27. The molecule has 1 amide bonds. The molecular formula is C20H21ClN4O4S2. The van der Waals surface area contributed by atoms with Crippen LogP contribution < -0.4 is 5.32 Å². The molecule has 11 heteroatoms. The van der Waals surface area contributed by atoms with E-state index in [2.05, 4.69) is 15.5 Å². The molecule has 0 atom stereocenters. The van der Waals surface area contributed by atoms with Crippen molar-refractivity contribution in [3.63, 3.8) is 0 Å².